The molecule has 1 heterocycles. The highest BCUT2D eigenvalue weighted by molar-refractivity contribution is 6.29. The molecule has 17 heavy (non-hydrogen) atoms. The van der Waals surface area contributed by atoms with Crippen molar-refractivity contribution in [3.05, 3.63) is 22.8 Å². The Balaban J connectivity index is 2.50. The molecule has 6 nitrogen and oxygen atoms in total. The molecule has 0 atom stereocenters. The number of carboxylic acids is 1. The largest absolute Gasteiger partial charge is 0.478 e. The van der Waals surface area contributed by atoms with Gasteiger partial charge in [0.25, 0.3) is 0 Å². The number of hydrogen-bond donors (Lipinski definition) is 3. The lowest BCUT2D eigenvalue weighted by Gasteiger charge is -2.07. The fourth-order valence-corrected chi connectivity index (χ4v) is 1.34. The zero-order chi connectivity index (χ0) is 12.7. The number of pyridine rings is 1. The topological polar surface area (TPSA) is 91.7 Å². The Labute approximate surface area is 103 Å². The van der Waals surface area contributed by atoms with E-state index >= 15 is 0 Å². The van der Waals surface area contributed by atoms with Gasteiger partial charge in [-0.2, -0.15) is 0 Å². The minimum atomic E-state index is -1.06. The summed E-state index contributed by atoms with van der Waals surface area (Å²) in [6, 6.07) is 2.66. The molecule has 0 aliphatic carbocycles. The first-order chi connectivity index (χ1) is 8.13. The van der Waals surface area contributed by atoms with E-state index < -0.39 is 5.97 Å². The highest BCUT2D eigenvalue weighted by Crippen LogP contribution is 2.14. The van der Waals surface area contributed by atoms with Crippen LogP contribution < -0.4 is 5.32 Å². The summed E-state index contributed by atoms with van der Waals surface area (Å²) in [5.41, 5.74) is 0.0729. The molecule has 1 aromatic rings. The maximum Gasteiger partial charge on any atom is 0.335 e. The number of rotatable bonds is 7. The van der Waals surface area contributed by atoms with Gasteiger partial charge in [0.1, 0.15) is 11.0 Å². The smallest absolute Gasteiger partial charge is 0.335 e. The first-order valence-electron chi connectivity index (χ1n) is 4.97. The summed E-state index contributed by atoms with van der Waals surface area (Å²) in [7, 11) is 0. The Morgan fingerprint density at radius 1 is 1.47 bits per heavy atom. The van der Waals surface area contributed by atoms with Crippen LogP contribution in [0.3, 0.4) is 0 Å². The fourth-order valence-electron chi connectivity index (χ4n) is 1.13. The van der Waals surface area contributed by atoms with Crippen molar-refractivity contribution >= 4 is 23.4 Å². The third kappa shape index (κ3) is 4.99. The number of carbonyl (C=O) groups is 1. The lowest BCUT2D eigenvalue weighted by Crippen LogP contribution is -2.12. The van der Waals surface area contributed by atoms with Crippen LogP contribution in [0, 0.1) is 0 Å². The van der Waals surface area contributed by atoms with Gasteiger partial charge < -0.3 is 20.3 Å². The van der Waals surface area contributed by atoms with E-state index in [-0.39, 0.29) is 23.9 Å². The number of aromatic nitrogens is 1. The summed E-state index contributed by atoms with van der Waals surface area (Å²) in [4.78, 5) is 14.7. The van der Waals surface area contributed by atoms with Gasteiger partial charge in [0, 0.05) is 6.54 Å². The molecule has 3 N–H and O–H groups in total. The van der Waals surface area contributed by atoms with Crippen LogP contribution in [0.25, 0.3) is 0 Å². The second-order valence-corrected chi connectivity index (χ2v) is 3.52. The van der Waals surface area contributed by atoms with Crippen molar-refractivity contribution in [3.63, 3.8) is 0 Å². The van der Waals surface area contributed by atoms with Gasteiger partial charge >= 0.3 is 5.97 Å². The molecule has 7 heteroatoms. The Morgan fingerprint density at radius 3 is 2.88 bits per heavy atom. The molecule has 1 rings (SSSR count). The van der Waals surface area contributed by atoms with Gasteiger partial charge in [0.05, 0.1) is 25.4 Å². The van der Waals surface area contributed by atoms with Crippen LogP contribution in [0.5, 0.6) is 0 Å². The van der Waals surface area contributed by atoms with Crippen LogP contribution in [0.15, 0.2) is 12.1 Å². The molecule has 0 aromatic carbocycles. The number of hydrogen-bond acceptors (Lipinski definition) is 5. The van der Waals surface area contributed by atoms with E-state index in [4.69, 9.17) is 26.6 Å². The van der Waals surface area contributed by atoms with Crippen LogP contribution in [-0.4, -0.2) is 47.5 Å². The number of halogens is 1. The van der Waals surface area contributed by atoms with E-state index in [9.17, 15) is 4.79 Å². The molecule has 0 saturated carbocycles. The first-order valence-corrected chi connectivity index (χ1v) is 5.34. The van der Waals surface area contributed by atoms with E-state index in [1.54, 1.807) is 0 Å². The summed E-state index contributed by atoms with van der Waals surface area (Å²) in [5.74, 6) is -0.684. The number of nitrogens with zero attached hydrogens (tertiary/aromatic N) is 1. The van der Waals surface area contributed by atoms with Gasteiger partial charge in [-0.15, -0.1) is 0 Å². The average molecular weight is 261 g/mol. The number of carboxylic acid groups (broad SMARTS) is 1. The van der Waals surface area contributed by atoms with Gasteiger partial charge in [-0.05, 0) is 12.1 Å². The zero-order valence-corrected chi connectivity index (χ0v) is 9.78. The predicted octanol–water partition coefficient (Wildman–Crippen LogP) is 0.854. The highest BCUT2D eigenvalue weighted by atomic mass is 35.5. The van der Waals surface area contributed by atoms with Crippen molar-refractivity contribution in [1.29, 1.82) is 0 Å². The zero-order valence-electron chi connectivity index (χ0n) is 9.02. The maximum absolute atomic E-state index is 10.8. The quantitative estimate of drug-likeness (QED) is 0.497. The summed E-state index contributed by atoms with van der Waals surface area (Å²) >= 11 is 5.68. The van der Waals surface area contributed by atoms with Gasteiger partial charge in [-0.25, -0.2) is 9.78 Å². The Kier molecular flexibility index (Phi) is 5.68. The predicted molar refractivity (Wildman–Crippen MR) is 62.6 cm³/mol. The second kappa shape index (κ2) is 7.05. The standard InChI is InChI=1S/C10H13ClN2O4/c11-8-5-7(10(15)16)6-9(13-8)12-1-3-17-4-2-14/h5-6,14H,1-4H2,(H,12,13)(H,15,16). The maximum atomic E-state index is 10.8. The molecule has 0 aliphatic rings. The second-order valence-electron chi connectivity index (χ2n) is 3.13. The third-order valence-electron chi connectivity index (χ3n) is 1.83. The number of aromatic carboxylic acids is 1. The molecule has 0 radical (unpaired) electrons. The molecule has 0 saturated heterocycles. The average Bonchev–Trinajstić information content (AvgIpc) is 2.28. The Bertz CT molecular complexity index is 387. The van der Waals surface area contributed by atoms with E-state index in [2.05, 4.69) is 10.3 Å². The minimum absolute atomic E-state index is 0.0292. The number of aliphatic hydroxyl groups is 1. The van der Waals surface area contributed by atoms with E-state index in [1.807, 2.05) is 0 Å². The molecule has 0 unspecified atom stereocenters. The Hall–Kier alpha value is -1.37. The number of nitrogens with one attached hydrogen (secondary N) is 1. The Morgan fingerprint density at radius 2 is 2.24 bits per heavy atom. The summed E-state index contributed by atoms with van der Waals surface area (Å²) in [6.45, 7) is 1.08. The van der Waals surface area contributed by atoms with Crippen molar-refractivity contribution in [3.8, 4) is 0 Å². The minimum Gasteiger partial charge on any atom is -0.478 e. The molecule has 0 amide bonds. The van der Waals surface area contributed by atoms with Crippen LogP contribution in [-0.2, 0) is 4.74 Å². The van der Waals surface area contributed by atoms with Gasteiger partial charge in [0.2, 0.25) is 0 Å². The summed E-state index contributed by atoms with van der Waals surface area (Å²) < 4.78 is 5.02. The van der Waals surface area contributed by atoms with E-state index in [0.29, 0.717) is 19.0 Å². The van der Waals surface area contributed by atoms with Crippen molar-refractivity contribution in [2.45, 2.75) is 0 Å². The summed E-state index contributed by atoms with van der Waals surface area (Å²) in [6.07, 6.45) is 0. The van der Waals surface area contributed by atoms with Crippen LogP contribution >= 0.6 is 11.6 Å². The van der Waals surface area contributed by atoms with Crippen molar-refractivity contribution in [2.24, 2.45) is 0 Å². The third-order valence-corrected chi connectivity index (χ3v) is 2.02. The summed E-state index contributed by atoms with van der Waals surface area (Å²) in [5, 5.41) is 20.3. The molecule has 1 aromatic heterocycles. The molecule has 0 bridgehead atoms. The van der Waals surface area contributed by atoms with Crippen molar-refractivity contribution in [2.75, 3.05) is 31.7 Å². The lowest BCUT2D eigenvalue weighted by atomic mass is 10.2. The van der Waals surface area contributed by atoms with Crippen molar-refractivity contribution in [1.82, 2.24) is 4.98 Å². The molecule has 0 spiro atoms. The lowest BCUT2D eigenvalue weighted by molar-refractivity contribution is 0.0697. The molecule has 0 fully saturated rings. The monoisotopic (exact) mass is 260 g/mol. The molecule has 94 valence electrons. The normalized spacial score (nSPS) is 10.2. The SMILES string of the molecule is O=C(O)c1cc(Cl)nc(NCCOCCO)c1. The van der Waals surface area contributed by atoms with Crippen molar-refractivity contribution < 1.29 is 19.7 Å². The van der Waals surface area contributed by atoms with Crippen LogP contribution in [0.1, 0.15) is 10.4 Å². The first kappa shape index (κ1) is 13.7. The van der Waals surface area contributed by atoms with E-state index in [1.165, 1.54) is 12.1 Å². The molecular weight excluding hydrogens is 248 g/mol. The molecule has 0 aliphatic heterocycles. The van der Waals surface area contributed by atoms with Crippen LogP contribution in [0.2, 0.25) is 5.15 Å². The number of anilines is 1. The van der Waals surface area contributed by atoms with Gasteiger partial charge in [-0.3, -0.25) is 0 Å². The number of ether oxygens (including phenoxy) is 1. The highest BCUT2D eigenvalue weighted by Gasteiger charge is 2.06. The molecular formula is C10H13ClN2O4. The van der Waals surface area contributed by atoms with Gasteiger partial charge in [-0.1, -0.05) is 11.6 Å². The van der Waals surface area contributed by atoms with Gasteiger partial charge in [0.15, 0.2) is 0 Å². The van der Waals surface area contributed by atoms with Crippen LogP contribution in [0.4, 0.5) is 5.82 Å². The number of aliphatic hydroxyl groups excluding tert-OH is 1. The fraction of sp³-hybridized carbons (Fsp3) is 0.400. The van der Waals surface area contributed by atoms with E-state index in [0.717, 1.165) is 0 Å².